The van der Waals surface area contributed by atoms with Crippen molar-refractivity contribution >= 4 is 23.5 Å². The van der Waals surface area contributed by atoms with Crippen molar-refractivity contribution < 1.29 is 28.6 Å². The zero-order valence-electron chi connectivity index (χ0n) is 19.1. The molecule has 0 bridgehead atoms. The molecule has 5 rings (SSSR count). The minimum absolute atomic E-state index is 0.167. The van der Waals surface area contributed by atoms with Crippen LogP contribution in [0.5, 0.6) is 11.5 Å². The molecule has 0 aromatic heterocycles. The highest BCUT2D eigenvalue weighted by atomic mass is 16.7. The molecule has 34 heavy (non-hydrogen) atoms. The number of ether oxygens (including phenoxy) is 3. The van der Waals surface area contributed by atoms with Gasteiger partial charge in [-0.3, -0.25) is 19.4 Å². The summed E-state index contributed by atoms with van der Waals surface area (Å²) < 4.78 is 15.8. The van der Waals surface area contributed by atoms with Crippen LogP contribution in [0.3, 0.4) is 0 Å². The number of benzene rings is 2. The Kier molecular flexibility index (Phi) is 6.21. The third-order valence-electron chi connectivity index (χ3n) is 6.45. The lowest BCUT2D eigenvalue weighted by atomic mass is 10.1. The van der Waals surface area contributed by atoms with Gasteiger partial charge in [0.05, 0.1) is 30.3 Å². The van der Waals surface area contributed by atoms with Crippen LogP contribution in [-0.4, -0.2) is 73.2 Å². The monoisotopic (exact) mass is 465 g/mol. The number of hydrogen-bond donors (Lipinski definition) is 0. The van der Waals surface area contributed by atoms with Gasteiger partial charge in [0.25, 0.3) is 5.91 Å². The van der Waals surface area contributed by atoms with Crippen LogP contribution in [0.25, 0.3) is 0 Å². The van der Waals surface area contributed by atoms with Gasteiger partial charge in [0.2, 0.25) is 12.7 Å². The van der Waals surface area contributed by atoms with Crippen molar-refractivity contribution in [2.24, 2.45) is 0 Å². The van der Waals surface area contributed by atoms with E-state index in [0.717, 1.165) is 36.7 Å². The Morgan fingerprint density at radius 1 is 1.00 bits per heavy atom. The molecule has 9 heteroatoms. The molecule has 3 heterocycles. The molecule has 0 spiro atoms. The molecule has 2 saturated heterocycles. The molecule has 178 valence electrons. The molecular weight excluding hydrogens is 438 g/mol. The lowest BCUT2D eigenvalue weighted by Gasteiger charge is -2.37. The summed E-state index contributed by atoms with van der Waals surface area (Å²) in [6, 6.07) is 11.9. The number of piperazine rings is 1. The number of carbonyl (C=O) groups is 3. The first-order valence-electron chi connectivity index (χ1n) is 11.5. The van der Waals surface area contributed by atoms with E-state index in [1.807, 2.05) is 18.2 Å². The molecule has 0 aliphatic carbocycles. The largest absolute Gasteiger partial charge is 0.462 e. The van der Waals surface area contributed by atoms with Crippen LogP contribution in [0.4, 0.5) is 5.69 Å². The van der Waals surface area contributed by atoms with Crippen LogP contribution >= 0.6 is 0 Å². The first kappa shape index (κ1) is 22.4. The van der Waals surface area contributed by atoms with Crippen LogP contribution in [0.2, 0.25) is 0 Å². The number of nitrogens with zero attached hydrogens (tertiary/aromatic N) is 3. The van der Waals surface area contributed by atoms with Gasteiger partial charge in [0.1, 0.15) is 0 Å². The summed E-state index contributed by atoms with van der Waals surface area (Å²) in [5.41, 5.74) is 2.02. The summed E-state index contributed by atoms with van der Waals surface area (Å²) >= 11 is 0. The number of amides is 2. The SMILES string of the molecule is CCOC(=O)c1ccc(N2C(=O)CC(N3CCN(Cc4ccc5c(c4)OCO5)CC3)C2=O)cc1. The van der Waals surface area contributed by atoms with Gasteiger partial charge in [-0.15, -0.1) is 0 Å². The molecule has 0 radical (unpaired) electrons. The second kappa shape index (κ2) is 9.44. The molecule has 2 aromatic rings. The molecular formula is C25H27N3O6. The van der Waals surface area contributed by atoms with E-state index in [4.69, 9.17) is 14.2 Å². The van der Waals surface area contributed by atoms with Gasteiger partial charge in [0.15, 0.2) is 11.5 Å². The first-order chi connectivity index (χ1) is 16.5. The molecule has 9 nitrogen and oxygen atoms in total. The predicted molar refractivity (Wildman–Crippen MR) is 123 cm³/mol. The second-order valence-corrected chi connectivity index (χ2v) is 8.55. The molecule has 1 unspecified atom stereocenters. The van der Waals surface area contributed by atoms with E-state index < -0.39 is 12.0 Å². The third-order valence-corrected chi connectivity index (χ3v) is 6.45. The summed E-state index contributed by atoms with van der Waals surface area (Å²) in [5.74, 6) is 0.698. The summed E-state index contributed by atoms with van der Waals surface area (Å²) in [5, 5.41) is 0. The average Bonchev–Trinajstić information content (AvgIpc) is 3.43. The summed E-state index contributed by atoms with van der Waals surface area (Å²) in [7, 11) is 0. The van der Waals surface area contributed by atoms with Crippen molar-refractivity contribution in [2.75, 3.05) is 44.5 Å². The zero-order chi connectivity index (χ0) is 23.7. The number of rotatable bonds is 6. The maximum absolute atomic E-state index is 13.2. The molecule has 1 atom stereocenters. The molecule has 2 aromatic carbocycles. The molecule has 0 N–H and O–H groups in total. The van der Waals surface area contributed by atoms with Crippen LogP contribution in [-0.2, 0) is 20.9 Å². The number of esters is 1. The fourth-order valence-corrected chi connectivity index (χ4v) is 4.66. The highest BCUT2D eigenvalue weighted by molar-refractivity contribution is 6.22. The van der Waals surface area contributed by atoms with Gasteiger partial charge in [-0.1, -0.05) is 6.07 Å². The standard InChI is InChI=1S/C25H27N3O6/c1-2-32-25(31)18-4-6-19(7-5-18)28-23(29)14-20(24(28)30)27-11-9-26(10-12-27)15-17-3-8-21-22(13-17)34-16-33-21/h3-8,13,20H,2,9-12,14-16H2,1H3. The van der Waals surface area contributed by atoms with Crippen LogP contribution < -0.4 is 14.4 Å². The Balaban J connectivity index is 1.18. The number of imide groups is 1. The normalized spacial score (nSPS) is 20.7. The van der Waals surface area contributed by atoms with Crippen LogP contribution in [0.1, 0.15) is 29.3 Å². The van der Waals surface area contributed by atoms with Gasteiger partial charge in [-0.25, -0.2) is 9.69 Å². The summed E-state index contributed by atoms with van der Waals surface area (Å²) in [6.07, 6.45) is 0.167. The molecule has 2 fully saturated rings. The minimum atomic E-state index is -0.454. The Labute approximate surface area is 197 Å². The molecule has 3 aliphatic rings. The molecule has 0 saturated carbocycles. The topological polar surface area (TPSA) is 88.6 Å². The van der Waals surface area contributed by atoms with Crippen LogP contribution in [0, 0.1) is 0 Å². The van der Waals surface area contributed by atoms with E-state index in [1.54, 1.807) is 31.2 Å². The van der Waals surface area contributed by atoms with Gasteiger partial charge < -0.3 is 14.2 Å². The van der Waals surface area contributed by atoms with Crippen LogP contribution in [0.15, 0.2) is 42.5 Å². The van der Waals surface area contributed by atoms with Gasteiger partial charge in [-0.2, -0.15) is 0 Å². The third kappa shape index (κ3) is 4.36. The van der Waals surface area contributed by atoms with Crippen molar-refractivity contribution in [1.29, 1.82) is 0 Å². The fourth-order valence-electron chi connectivity index (χ4n) is 4.66. The highest BCUT2D eigenvalue weighted by Crippen LogP contribution is 2.33. The Hall–Kier alpha value is -3.43. The zero-order valence-corrected chi connectivity index (χ0v) is 19.1. The van der Waals surface area contributed by atoms with E-state index in [-0.39, 0.29) is 31.6 Å². The van der Waals surface area contributed by atoms with Crippen molar-refractivity contribution in [1.82, 2.24) is 9.80 Å². The quantitative estimate of drug-likeness (QED) is 0.473. The summed E-state index contributed by atoms with van der Waals surface area (Å²) in [4.78, 5) is 43.4. The highest BCUT2D eigenvalue weighted by Gasteiger charge is 2.43. The van der Waals surface area contributed by atoms with Crippen molar-refractivity contribution in [3.05, 3.63) is 53.6 Å². The average molecular weight is 466 g/mol. The maximum atomic E-state index is 13.2. The number of carbonyl (C=O) groups excluding carboxylic acids is 3. The number of hydrogen-bond acceptors (Lipinski definition) is 8. The lowest BCUT2D eigenvalue weighted by molar-refractivity contribution is -0.123. The fraction of sp³-hybridized carbons (Fsp3) is 0.400. The lowest BCUT2D eigenvalue weighted by Crippen LogP contribution is -2.52. The Bertz CT molecular complexity index is 1090. The Morgan fingerprint density at radius 2 is 1.74 bits per heavy atom. The van der Waals surface area contributed by atoms with Gasteiger partial charge in [0, 0.05) is 32.7 Å². The number of fused-ring (bicyclic) bond motifs is 1. The molecule has 2 amide bonds. The Morgan fingerprint density at radius 3 is 2.47 bits per heavy atom. The van der Waals surface area contributed by atoms with Gasteiger partial charge in [-0.05, 0) is 48.9 Å². The molecule has 3 aliphatic heterocycles. The van der Waals surface area contributed by atoms with E-state index in [0.29, 0.717) is 24.3 Å². The minimum Gasteiger partial charge on any atom is -0.462 e. The predicted octanol–water partition coefficient (Wildman–Crippen LogP) is 2.04. The van der Waals surface area contributed by atoms with Gasteiger partial charge >= 0.3 is 5.97 Å². The first-order valence-corrected chi connectivity index (χ1v) is 11.5. The number of anilines is 1. The van der Waals surface area contributed by atoms with Crippen molar-refractivity contribution in [2.45, 2.75) is 25.9 Å². The second-order valence-electron chi connectivity index (χ2n) is 8.55. The summed E-state index contributed by atoms with van der Waals surface area (Å²) in [6.45, 7) is 6.12. The van der Waals surface area contributed by atoms with Crippen molar-refractivity contribution in [3.63, 3.8) is 0 Å². The van der Waals surface area contributed by atoms with E-state index in [2.05, 4.69) is 9.80 Å². The van der Waals surface area contributed by atoms with E-state index in [1.165, 1.54) is 4.90 Å². The maximum Gasteiger partial charge on any atom is 0.338 e. The van der Waals surface area contributed by atoms with E-state index >= 15 is 0 Å². The van der Waals surface area contributed by atoms with Crippen molar-refractivity contribution in [3.8, 4) is 11.5 Å². The smallest absolute Gasteiger partial charge is 0.338 e. The van der Waals surface area contributed by atoms with E-state index in [9.17, 15) is 14.4 Å².